The zero-order valence-corrected chi connectivity index (χ0v) is 11.5. The van der Waals surface area contributed by atoms with Crippen LogP contribution in [-0.4, -0.2) is 41.3 Å². The number of ether oxygens (including phenoxy) is 1. The summed E-state index contributed by atoms with van der Waals surface area (Å²) in [6.45, 7) is 8.67. The van der Waals surface area contributed by atoms with E-state index < -0.39 is 6.10 Å². The van der Waals surface area contributed by atoms with Gasteiger partial charge in [0.15, 0.2) is 0 Å². The van der Waals surface area contributed by atoms with Crippen molar-refractivity contribution in [1.82, 2.24) is 4.90 Å². The minimum absolute atomic E-state index is 0.144. The third-order valence-corrected chi connectivity index (χ3v) is 4.00. The van der Waals surface area contributed by atoms with Gasteiger partial charge >= 0.3 is 0 Å². The van der Waals surface area contributed by atoms with Gasteiger partial charge in [-0.15, -0.1) is 0 Å². The molecule has 2 atom stereocenters. The van der Waals surface area contributed by atoms with Gasteiger partial charge in [-0.05, 0) is 26.3 Å². The molecule has 2 rings (SSSR count). The lowest BCUT2D eigenvalue weighted by Gasteiger charge is -2.45. The fourth-order valence-electron chi connectivity index (χ4n) is 2.43. The molecule has 1 aromatic carbocycles. The standard InChI is InChI=1S/C15H23NO2/c1-12-15(2,3)18-10-9-16(12)11-14(17)13-7-5-4-6-8-13/h4-8,12,14,17H,9-11H2,1-3H3/t12-,14+/m0/s1. The van der Waals surface area contributed by atoms with E-state index in [-0.39, 0.29) is 5.60 Å². The first-order valence-corrected chi connectivity index (χ1v) is 6.62. The van der Waals surface area contributed by atoms with E-state index >= 15 is 0 Å². The Labute approximate surface area is 109 Å². The van der Waals surface area contributed by atoms with Gasteiger partial charge in [0, 0.05) is 19.1 Å². The van der Waals surface area contributed by atoms with Crippen molar-refractivity contribution in [3.05, 3.63) is 35.9 Å². The Morgan fingerprint density at radius 3 is 2.72 bits per heavy atom. The van der Waals surface area contributed by atoms with Crippen LogP contribution in [-0.2, 0) is 4.74 Å². The molecule has 1 N–H and O–H groups in total. The SMILES string of the molecule is C[C@@H]1N(C[C@@H](O)c2ccccc2)CCOC1(C)C. The summed E-state index contributed by atoms with van der Waals surface area (Å²) in [6, 6.07) is 10.2. The summed E-state index contributed by atoms with van der Waals surface area (Å²) < 4.78 is 5.77. The number of morpholine rings is 1. The zero-order valence-electron chi connectivity index (χ0n) is 11.5. The molecule has 18 heavy (non-hydrogen) atoms. The molecular weight excluding hydrogens is 226 g/mol. The minimum atomic E-state index is -0.428. The molecule has 0 spiro atoms. The van der Waals surface area contributed by atoms with Gasteiger partial charge in [-0.2, -0.15) is 0 Å². The van der Waals surface area contributed by atoms with Crippen LogP contribution < -0.4 is 0 Å². The average molecular weight is 249 g/mol. The molecule has 3 heteroatoms. The smallest absolute Gasteiger partial charge is 0.0917 e. The summed E-state index contributed by atoms with van der Waals surface area (Å²) in [5, 5.41) is 10.3. The maximum atomic E-state index is 10.3. The van der Waals surface area contributed by atoms with Crippen molar-refractivity contribution in [2.75, 3.05) is 19.7 Å². The van der Waals surface area contributed by atoms with Crippen LogP contribution in [0.25, 0.3) is 0 Å². The molecule has 0 amide bonds. The predicted octanol–water partition coefficient (Wildman–Crippen LogP) is 2.22. The van der Waals surface area contributed by atoms with E-state index in [0.29, 0.717) is 12.6 Å². The average Bonchev–Trinajstić information content (AvgIpc) is 2.36. The number of nitrogens with zero attached hydrogens (tertiary/aromatic N) is 1. The number of aliphatic hydroxyl groups excluding tert-OH is 1. The van der Waals surface area contributed by atoms with Gasteiger partial charge in [-0.3, -0.25) is 4.90 Å². The van der Waals surface area contributed by atoms with Crippen molar-refractivity contribution in [1.29, 1.82) is 0 Å². The molecule has 1 aliphatic heterocycles. The maximum absolute atomic E-state index is 10.3. The molecule has 0 saturated carbocycles. The second kappa shape index (κ2) is 5.39. The van der Waals surface area contributed by atoms with Crippen LogP contribution in [0.3, 0.4) is 0 Å². The Morgan fingerprint density at radius 2 is 2.06 bits per heavy atom. The Morgan fingerprint density at radius 1 is 1.39 bits per heavy atom. The number of benzene rings is 1. The Hall–Kier alpha value is -0.900. The van der Waals surface area contributed by atoms with Gasteiger partial charge in [-0.1, -0.05) is 30.3 Å². The number of hydrogen-bond donors (Lipinski definition) is 1. The Kier molecular flexibility index (Phi) is 4.05. The van der Waals surface area contributed by atoms with E-state index in [9.17, 15) is 5.11 Å². The molecule has 1 fully saturated rings. The maximum Gasteiger partial charge on any atom is 0.0917 e. The van der Waals surface area contributed by atoms with Crippen LogP contribution in [0.4, 0.5) is 0 Å². The number of rotatable bonds is 3. The number of β-amino-alcohol motifs (C(OH)–C–C–N with tert-alkyl or cyclic N) is 1. The number of aliphatic hydroxyl groups is 1. The Bertz CT molecular complexity index is 377. The first kappa shape index (κ1) is 13.5. The van der Waals surface area contributed by atoms with Crippen molar-refractivity contribution >= 4 is 0 Å². The molecule has 0 radical (unpaired) electrons. The molecule has 3 nitrogen and oxygen atoms in total. The fraction of sp³-hybridized carbons (Fsp3) is 0.600. The van der Waals surface area contributed by atoms with Gasteiger partial charge in [0.1, 0.15) is 0 Å². The summed E-state index contributed by atoms with van der Waals surface area (Å²) in [7, 11) is 0. The molecule has 0 aromatic heterocycles. The lowest BCUT2D eigenvalue weighted by Crippen LogP contribution is -2.56. The van der Waals surface area contributed by atoms with Gasteiger partial charge in [0.05, 0.1) is 18.3 Å². The van der Waals surface area contributed by atoms with Crippen LogP contribution in [0, 0.1) is 0 Å². The van der Waals surface area contributed by atoms with Crippen molar-refractivity contribution in [2.24, 2.45) is 0 Å². The lowest BCUT2D eigenvalue weighted by atomic mass is 9.96. The second-order valence-electron chi connectivity index (χ2n) is 5.55. The highest BCUT2D eigenvalue weighted by molar-refractivity contribution is 5.17. The van der Waals surface area contributed by atoms with Gasteiger partial charge < -0.3 is 9.84 Å². The van der Waals surface area contributed by atoms with Crippen LogP contribution >= 0.6 is 0 Å². The van der Waals surface area contributed by atoms with Crippen molar-refractivity contribution in [3.8, 4) is 0 Å². The van der Waals surface area contributed by atoms with E-state index in [4.69, 9.17) is 4.74 Å². The highest BCUT2D eigenvalue weighted by Gasteiger charge is 2.35. The summed E-state index contributed by atoms with van der Waals surface area (Å²) in [4.78, 5) is 2.31. The van der Waals surface area contributed by atoms with Crippen LogP contribution in [0.5, 0.6) is 0 Å². The van der Waals surface area contributed by atoms with Crippen molar-refractivity contribution in [3.63, 3.8) is 0 Å². The summed E-state index contributed by atoms with van der Waals surface area (Å²) in [5.41, 5.74) is 0.836. The van der Waals surface area contributed by atoms with E-state index in [2.05, 4.69) is 25.7 Å². The first-order valence-electron chi connectivity index (χ1n) is 6.62. The zero-order chi connectivity index (χ0) is 13.2. The highest BCUT2D eigenvalue weighted by Crippen LogP contribution is 2.26. The second-order valence-corrected chi connectivity index (χ2v) is 5.55. The summed E-state index contributed by atoms with van der Waals surface area (Å²) in [5.74, 6) is 0. The lowest BCUT2D eigenvalue weighted by molar-refractivity contribution is -0.128. The van der Waals surface area contributed by atoms with Crippen LogP contribution in [0.2, 0.25) is 0 Å². The molecule has 0 bridgehead atoms. The molecule has 100 valence electrons. The molecule has 0 aliphatic carbocycles. The van der Waals surface area contributed by atoms with E-state index in [1.54, 1.807) is 0 Å². The summed E-state index contributed by atoms with van der Waals surface area (Å²) in [6.07, 6.45) is -0.428. The van der Waals surface area contributed by atoms with E-state index in [1.165, 1.54) is 0 Å². The van der Waals surface area contributed by atoms with Crippen molar-refractivity contribution < 1.29 is 9.84 Å². The minimum Gasteiger partial charge on any atom is -0.387 e. The van der Waals surface area contributed by atoms with Crippen LogP contribution in [0.1, 0.15) is 32.4 Å². The normalized spacial score (nSPS) is 25.9. The van der Waals surface area contributed by atoms with Crippen LogP contribution in [0.15, 0.2) is 30.3 Å². The van der Waals surface area contributed by atoms with Gasteiger partial charge in [0.25, 0.3) is 0 Å². The first-order chi connectivity index (χ1) is 8.50. The van der Waals surface area contributed by atoms with E-state index in [0.717, 1.165) is 18.7 Å². The molecule has 1 saturated heterocycles. The largest absolute Gasteiger partial charge is 0.387 e. The Balaban J connectivity index is 2.01. The molecule has 0 unspecified atom stereocenters. The van der Waals surface area contributed by atoms with Gasteiger partial charge in [-0.25, -0.2) is 0 Å². The summed E-state index contributed by atoms with van der Waals surface area (Å²) >= 11 is 0. The monoisotopic (exact) mass is 249 g/mol. The number of hydrogen-bond acceptors (Lipinski definition) is 3. The quantitative estimate of drug-likeness (QED) is 0.891. The molecule has 1 heterocycles. The fourth-order valence-corrected chi connectivity index (χ4v) is 2.43. The topological polar surface area (TPSA) is 32.7 Å². The van der Waals surface area contributed by atoms with Crippen molar-refractivity contribution in [2.45, 2.75) is 38.5 Å². The third-order valence-electron chi connectivity index (χ3n) is 4.00. The molecular formula is C15H23NO2. The molecule has 1 aliphatic rings. The predicted molar refractivity (Wildman–Crippen MR) is 72.5 cm³/mol. The third kappa shape index (κ3) is 2.91. The van der Waals surface area contributed by atoms with Gasteiger partial charge in [0.2, 0.25) is 0 Å². The van der Waals surface area contributed by atoms with E-state index in [1.807, 2.05) is 30.3 Å². The highest BCUT2D eigenvalue weighted by atomic mass is 16.5. The molecule has 1 aromatic rings.